The molecule has 0 aliphatic heterocycles. The number of hydrogen-bond acceptors (Lipinski definition) is 3. The smallest absolute Gasteiger partial charge is 0.175 e. The van der Waals surface area contributed by atoms with Crippen LogP contribution in [0.2, 0.25) is 0 Å². The minimum Gasteiger partial charge on any atom is -0.380 e. The highest BCUT2D eigenvalue weighted by Gasteiger charge is 2.24. The van der Waals surface area contributed by atoms with Gasteiger partial charge in [0.05, 0.1) is 5.56 Å². The Morgan fingerprint density at radius 3 is 2.53 bits per heavy atom. The Hall–Kier alpha value is -1.91. The summed E-state index contributed by atoms with van der Waals surface area (Å²) in [5.41, 5.74) is 6.42. The third-order valence-corrected chi connectivity index (χ3v) is 3.30. The molecule has 3 nitrogen and oxygen atoms in total. The van der Waals surface area contributed by atoms with Crippen LogP contribution in [0.3, 0.4) is 0 Å². The van der Waals surface area contributed by atoms with Crippen LogP contribution in [-0.2, 0) is 0 Å². The monoisotopic (exact) mass is 266 g/mol. The second-order valence-corrected chi connectivity index (χ2v) is 4.44. The molecule has 0 saturated heterocycles. The van der Waals surface area contributed by atoms with Gasteiger partial charge in [0, 0.05) is 17.5 Å². The maximum Gasteiger partial charge on any atom is 0.175 e. The van der Waals surface area contributed by atoms with Crippen molar-refractivity contribution in [3.8, 4) is 11.1 Å². The van der Waals surface area contributed by atoms with Crippen LogP contribution in [0, 0.1) is 11.6 Å². The van der Waals surface area contributed by atoms with E-state index in [1.54, 1.807) is 0 Å². The number of benzene rings is 1. The molecule has 1 aromatic carbocycles. The van der Waals surface area contributed by atoms with Gasteiger partial charge >= 0.3 is 0 Å². The van der Waals surface area contributed by atoms with E-state index in [0.717, 1.165) is 18.9 Å². The quantitative estimate of drug-likeness (QED) is 0.906. The summed E-state index contributed by atoms with van der Waals surface area (Å²) >= 11 is 0. The molecule has 0 radical (unpaired) electrons. The van der Waals surface area contributed by atoms with Gasteiger partial charge in [0.15, 0.2) is 5.82 Å². The van der Waals surface area contributed by atoms with E-state index in [1.807, 2.05) is 13.8 Å². The highest BCUT2D eigenvalue weighted by molar-refractivity contribution is 5.76. The van der Waals surface area contributed by atoms with Crippen molar-refractivity contribution < 1.29 is 13.3 Å². The van der Waals surface area contributed by atoms with E-state index < -0.39 is 11.6 Å². The molecule has 2 rings (SSSR count). The number of anilines is 1. The molecule has 5 heteroatoms. The van der Waals surface area contributed by atoms with Crippen LogP contribution in [0.15, 0.2) is 22.7 Å². The van der Waals surface area contributed by atoms with Crippen LogP contribution in [-0.4, -0.2) is 5.16 Å². The van der Waals surface area contributed by atoms with Crippen LogP contribution >= 0.6 is 0 Å². The fourth-order valence-corrected chi connectivity index (χ4v) is 2.22. The molecular weight excluding hydrogens is 250 g/mol. The van der Waals surface area contributed by atoms with Gasteiger partial charge in [-0.1, -0.05) is 19.0 Å². The first kappa shape index (κ1) is 13.5. The summed E-state index contributed by atoms with van der Waals surface area (Å²) in [7, 11) is 0. The molecular formula is C14H16F2N2O. The van der Waals surface area contributed by atoms with Crippen molar-refractivity contribution in [3.63, 3.8) is 0 Å². The molecule has 1 aromatic heterocycles. The van der Waals surface area contributed by atoms with Crippen molar-refractivity contribution in [2.45, 2.75) is 32.6 Å². The average molecular weight is 266 g/mol. The predicted octanol–water partition coefficient (Wildman–Crippen LogP) is 4.11. The predicted molar refractivity (Wildman–Crippen MR) is 69.6 cm³/mol. The molecule has 0 unspecified atom stereocenters. The molecule has 0 fully saturated rings. The van der Waals surface area contributed by atoms with E-state index in [9.17, 15) is 8.78 Å². The summed E-state index contributed by atoms with van der Waals surface area (Å²) in [5.74, 6) is -0.480. The van der Waals surface area contributed by atoms with Gasteiger partial charge in [0.1, 0.15) is 17.4 Å². The summed E-state index contributed by atoms with van der Waals surface area (Å²) in [6.45, 7) is 4.02. The van der Waals surface area contributed by atoms with Gasteiger partial charge in [-0.2, -0.15) is 0 Å². The van der Waals surface area contributed by atoms with Gasteiger partial charge in [-0.25, -0.2) is 8.78 Å². The number of halogens is 2. The summed E-state index contributed by atoms with van der Waals surface area (Å²) in [6, 6.07) is 3.39. The van der Waals surface area contributed by atoms with Crippen molar-refractivity contribution in [2.75, 3.05) is 5.73 Å². The standard InChI is InChI=1S/C14H16F2N2O/c1-3-8(4-2)13-12(14(17)18-19-13)10-6-5-9(15)7-11(10)16/h5-8H,3-4H2,1-2H3,(H2,17,18). The number of hydrogen-bond donors (Lipinski definition) is 1. The largest absolute Gasteiger partial charge is 0.380 e. The Bertz CT molecular complexity index is 577. The molecule has 102 valence electrons. The van der Waals surface area contributed by atoms with Crippen LogP contribution in [0.5, 0.6) is 0 Å². The van der Waals surface area contributed by atoms with E-state index in [0.29, 0.717) is 11.3 Å². The third-order valence-electron chi connectivity index (χ3n) is 3.30. The zero-order valence-corrected chi connectivity index (χ0v) is 10.9. The Balaban J connectivity index is 2.58. The maximum absolute atomic E-state index is 13.9. The number of rotatable bonds is 4. The Morgan fingerprint density at radius 2 is 1.95 bits per heavy atom. The van der Waals surface area contributed by atoms with Crippen molar-refractivity contribution in [3.05, 3.63) is 35.6 Å². The molecule has 0 aliphatic rings. The molecule has 2 aromatic rings. The number of nitrogens with two attached hydrogens (primary N) is 1. The number of nitrogens with zero attached hydrogens (tertiary/aromatic N) is 1. The molecule has 0 saturated carbocycles. The van der Waals surface area contributed by atoms with Crippen LogP contribution in [0.4, 0.5) is 14.6 Å². The summed E-state index contributed by atoms with van der Waals surface area (Å²) in [4.78, 5) is 0. The van der Waals surface area contributed by atoms with Gasteiger partial charge in [-0.05, 0) is 25.0 Å². The second kappa shape index (κ2) is 5.38. The first-order chi connectivity index (χ1) is 9.08. The van der Waals surface area contributed by atoms with E-state index in [-0.39, 0.29) is 17.3 Å². The minimum atomic E-state index is -0.665. The summed E-state index contributed by atoms with van der Waals surface area (Å²) in [6.07, 6.45) is 1.67. The molecule has 0 aliphatic carbocycles. The van der Waals surface area contributed by atoms with E-state index in [1.165, 1.54) is 12.1 Å². The lowest BCUT2D eigenvalue weighted by Crippen LogP contribution is -1.99. The van der Waals surface area contributed by atoms with Crippen LogP contribution in [0.1, 0.15) is 38.4 Å². The molecule has 1 heterocycles. The van der Waals surface area contributed by atoms with Crippen molar-refractivity contribution in [1.29, 1.82) is 0 Å². The normalized spacial score (nSPS) is 11.2. The molecule has 0 bridgehead atoms. The second-order valence-electron chi connectivity index (χ2n) is 4.44. The SMILES string of the molecule is CCC(CC)c1onc(N)c1-c1ccc(F)cc1F. The Morgan fingerprint density at radius 1 is 1.26 bits per heavy atom. The van der Waals surface area contributed by atoms with Crippen LogP contribution < -0.4 is 5.73 Å². The van der Waals surface area contributed by atoms with Crippen LogP contribution in [0.25, 0.3) is 11.1 Å². The molecule has 19 heavy (non-hydrogen) atoms. The van der Waals surface area contributed by atoms with E-state index >= 15 is 0 Å². The van der Waals surface area contributed by atoms with Crippen molar-refractivity contribution in [2.24, 2.45) is 0 Å². The average Bonchev–Trinajstić information content (AvgIpc) is 2.74. The molecule has 0 spiro atoms. The van der Waals surface area contributed by atoms with E-state index in [4.69, 9.17) is 10.3 Å². The molecule has 0 amide bonds. The maximum atomic E-state index is 13.9. The number of nitrogen functional groups attached to an aromatic ring is 1. The van der Waals surface area contributed by atoms with Gasteiger partial charge in [-0.3, -0.25) is 0 Å². The van der Waals surface area contributed by atoms with Crippen molar-refractivity contribution in [1.82, 2.24) is 5.16 Å². The zero-order valence-electron chi connectivity index (χ0n) is 10.9. The highest BCUT2D eigenvalue weighted by atomic mass is 19.1. The lowest BCUT2D eigenvalue weighted by Gasteiger charge is -2.11. The molecule has 0 atom stereocenters. The third kappa shape index (κ3) is 2.45. The topological polar surface area (TPSA) is 52.0 Å². The summed E-state index contributed by atoms with van der Waals surface area (Å²) < 4.78 is 32.1. The number of aromatic nitrogens is 1. The Labute approximate surface area is 110 Å². The first-order valence-corrected chi connectivity index (χ1v) is 6.28. The highest BCUT2D eigenvalue weighted by Crippen LogP contribution is 2.38. The summed E-state index contributed by atoms with van der Waals surface area (Å²) in [5, 5.41) is 3.72. The lowest BCUT2D eigenvalue weighted by molar-refractivity contribution is 0.356. The van der Waals surface area contributed by atoms with Gasteiger partial charge < -0.3 is 10.3 Å². The zero-order chi connectivity index (χ0) is 14.0. The van der Waals surface area contributed by atoms with Crippen molar-refractivity contribution >= 4 is 5.82 Å². The van der Waals surface area contributed by atoms with Gasteiger partial charge in [0.25, 0.3) is 0 Å². The first-order valence-electron chi connectivity index (χ1n) is 6.28. The fourth-order valence-electron chi connectivity index (χ4n) is 2.22. The lowest BCUT2D eigenvalue weighted by atomic mass is 9.93. The van der Waals surface area contributed by atoms with E-state index in [2.05, 4.69) is 5.16 Å². The molecule has 2 N–H and O–H groups in total. The van der Waals surface area contributed by atoms with Gasteiger partial charge in [-0.15, -0.1) is 0 Å². The van der Waals surface area contributed by atoms with Gasteiger partial charge in [0.2, 0.25) is 0 Å². The fraction of sp³-hybridized carbons (Fsp3) is 0.357. The minimum absolute atomic E-state index is 0.115. The Kier molecular flexibility index (Phi) is 3.83.